The van der Waals surface area contributed by atoms with Crippen molar-refractivity contribution in [3.63, 3.8) is 0 Å². The van der Waals surface area contributed by atoms with E-state index < -0.39 is 22.8 Å². The summed E-state index contributed by atoms with van der Waals surface area (Å²) in [5.74, 6) is -0.906. The number of carbonyl (C=O) groups excluding carboxylic acids is 3. The van der Waals surface area contributed by atoms with Crippen LogP contribution >= 0.6 is 11.6 Å². The molecule has 1 N–H and O–H groups in total. The minimum absolute atomic E-state index is 0.128. The average Bonchev–Trinajstić information content (AvgIpc) is 3.20. The van der Waals surface area contributed by atoms with Crippen LogP contribution in [0.5, 0.6) is 0 Å². The van der Waals surface area contributed by atoms with Crippen molar-refractivity contribution >= 4 is 41.2 Å². The van der Waals surface area contributed by atoms with Gasteiger partial charge in [0.05, 0.1) is 9.95 Å². The lowest BCUT2D eigenvalue weighted by molar-refractivity contribution is -0.384. The summed E-state index contributed by atoms with van der Waals surface area (Å²) in [4.78, 5) is 49.0. The molecule has 0 radical (unpaired) electrons. The van der Waals surface area contributed by atoms with Crippen LogP contribution in [0.15, 0.2) is 40.3 Å². The number of amides is 4. The third kappa shape index (κ3) is 4.09. The quantitative estimate of drug-likeness (QED) is 0.325. The Kier molecular flexibility index (Phi) is 5.60. The van der Waals surface area contributed by atoms with Crippen molar-refractivity contribution in [2.75, 3.05) is 0 Å². The van der Waals surface area contributed by atoms with E-state index in [1.54, 1.807) is 12.1 Å². The summed E-state index contributed by atoms with van der Waals surface area (Å²) >= 11 is 6.13. The molecule has 1 aliphatic carbocycles. The first-order valence-electron chi connectivity index (χ1n) is 9.80. The Hall–Kier alpha value is -3.46. The van der Waals surface area contributed by atoms with Crippen LogP contribution in [-0.4, -0.2) is 33.7 Å². The smallest absolute Gasteiger partial charge is 0.331 e. The summed E-state index contributed by atoms with van der Waals surface area (Å²) in [5.41, 5.74) is 0.0795. The SMILES string of the molecule is O=C1NC(=O)N(C2CCCCC2)C(=O)/C1=C\c1ccc(-c2ccc([N+](=O)[O-])cc2Cl)o1. The van der Waals surface area contributed by atoms with Crippen LogP contribution in [0.2, 0.25) is 5.02 Å². The molecule has 1 aromatic heterocycles. The minimum atomic E-state index is -0.784. The number of imide groups is 2. The van der Waals surface area contributed by atoms with Gasteiger partial charge in [-0.05, 0) is 37.1 Å². The lowest BCUT2D eigenvalue weighted by Crippen LogP contribution is -2.58. The van der Waals surface area contributed by atoms with Gasteiger partial charge in [0.2, 0.25) is 0 Å². The standard InChI is InChI=1S/C21H18ClN3O6/c22-17-10-13(25(29)30)6-8-15(17)18-9-7-14(31-18)11-16-19(26)23-21(28)24(20(16)27)12-4-2-1-3-5-12/h6-12H,1-5H2,(H,23,26,28)/b16-11-. The van der Waals surface area contributed by atoms with Gasteiger partial charge in [-0.15, -0.1) is 0 Å². The van der Waals surface area contributed by atoms with Crippen molar-refractivity contribution in [1.82, 2.24) is 10.2 Å². The van der Waals surface area contributed by atoms with Crippen molar-refractivity contribution in [2.45, 2.75) is 38.1 Å². The van der Waals surface area contributed by atoms with Crippen LogP contribution in [0, 0.1) is 10.1 Å². The van der Waals surface area contributed by atoms with E-state index >= 15 is 0 Å². The van der Waals surface area contributed by atoms with Crippen LogP contribution in [-0.2, 0) is 9.59 Å². The summed E-state index contributed by atoms with van der Waals surface area (Å²) in [6.07, 6.45) is 5.61. The van der Waals surface area contributed by atoms with Gasteiger partial charge in [-0.3, -0.25) is 29.9 Å². The van der Waals surface area contributed by atoms with Crippen molar-refractivity contribution in [2.24, 2.45) is 0 Å². The fourth-order valence-electron chi connectivity index (χ4n) is 3.88. The first-order chi connectivity index (χ1) is 14.8. The molecule has 9 nitrogen and oxygen atoms in total. The molecule has 0 atom stereocenters. The molecule has 4 amide bonds. The number of rotatable bonds is 4. The normalized spacial score (nSPS) is 19.1. The van der Waals surface area contributed by atoms with Gasteiger partial charge in [-0.1, -0.05) is 30.9 Å². The third-order valence-electron chi connectivity index (χ3n) is 5.42. The van der Waals surface area contributed by atoms with E-state index in [-0.39, 0.29) is 28.1 Å². The summed E-state index contributed by atoms with van der Waals surface area (Å²) in [7, 11) is 0. The number of hydrogen-bond donors (Lipinski definition) is 1. The highest BCUT2D eigenvalue weighted by Crippen LogP contribution is 2.33. The summed E-state index contributed by atoms with van der Waals surface area (Å²) in [6, 6.07) is 6.16. The number of hydrogen-bond acceptors (Lipinski definition) is 6. The van der Waals surface area contributed by atoms with E-state index in [1.807, 2.05) is 0 Å². The summed E-state index contributed by atoms with van der Waals surface area (Å²) in [6.45, 7) is 0. The minimum Gasteiger partial charge on any atom is -0.457 e. The molecule has 31 heavy (non-hydrogen) atoms. The number of furan rings is 1. The molecule has 0 spiro atoms. The number of nitrogens with one attached hydrogen (secondary N) is 1. The van der Waals surface area contributed by atoms with Crippen molar-refractivity contribution in [1.29, 1.82) is 0 Å². The number of barbiturate groups is 1. The number of non-ortho nitro benzene ring substituents is 1. The summed E-state index contributed by atoms with van der Waals surface area (Å²) < 4.78 is 5.69. The largest absolute Gasteiger partial charge is 0.457 e. The Morgan fingerprint density at radius 1 is 1.13 bits per heavy atom. The van der Waals surface area contributed by atoms with Crippen LogP contribution in [0.3, 0.4) is 0 Å². The Morgan fingerprint density at radius 2 is 1.87 bits per heavy atom. The third-order valence-corrected chi connectivity index (χ3v) is 5.73. The number of nitrogens with zero attached hydrogens (tertiary/aromatic N) is 2. The monoisotopic (exact) mass is 443 g/mol. The molecule has 160 valence electrons. The molecule has 4 rings (SSSR count). The maximum Gasteiger partial charge on any atom is 0.331 e. The molecule has 1 aliphatic heterocycles. The van der Waals surface area contributed by atoms with Gasteiger partial charge in [0.1, 0.15) is 17.1 Å². The second-order valence-corrected chi connectivity index (χ2v) is 7.81. The summed E-state index contributed by atoms with van der Waals surface area (Å²) in [5, 5.41) is 13.2. The van der Waals surface area contributed by atoms with Crippen molar-refractivity contribution < 1.29 is 23.7 Å². The van der Waals surface area contributed by atoms with Gasteiger partial charge in [0.15, 0.2) is 0 Å². The predicted molar refractivity (Wildman–Crippen MR) is 111 cm³/mol. The highest BCUT2D eigenvalue weighted by Gasteiger charge is 2.40. The van der Waals surface area contributed by atoms with Gasteiger partial charge in [0, 0.05) is 23.7 Å². The number of carbonyl (C=O) groups is 3. The first-order valence-corrected chi connectivity index (χ1v) is 10.2. The second-order valence-electron chi connectivity index (χ2n) is 7.41. The predicted octanol–water partition coefficient (Wildman–Crippen LogP) is 4.30. The van der Waals surface area contributed by atoms with Crippen LogP contribution < -0.4 is 5.32 Å². The van der Waals surface area contributed by atoms with E-state index in [1.165, 1.54) is 24.3 Å². The van der Waals surface area contributed by atoms with Crippen molar-refractivity contribution in [3.05, 3.63) is 56.8 Å². The van der Waals surface area contributed by atoms with Gasteiger partial charge in [-0.2, -0.15) is 0 Å². The molecule has 1 saturated heterocycles. The Balaban J connectivity index is 1.62. The maximum atomic E-state index is 12.9. The Morgan fingerprint density at radius 3 is 2.55 bits per heavy atom. The Labute approximate surface area is 181 Å². The van der Waals surface area contributed by atoms with Gasteiger partial charge >= 0.3 is 6.03 Å². The highest BCUT2D eigenvalue weighted by atomic mass is 35.5. The molecule has 0 bridgehead atoms. The van der Waals surface area contributed by atoms with Crippen LogP contribution in [0.4, 0.5) is 10.5 Å². The number of urea groups is 1. The number of benzene rings is 1. The maximum absolute atomic E-state index is 12.9. The zero-order valence-electron chi connectivity index (χ0n) is 16.3. The number of nitro benzene ring substituents is 1. The fourth-order valence-corrected chi connectivity index (χ4v) is 4.14. The molecule has 2 fully saturated rings. The topological polar surface area (TPSA) is 123 Å². The molecule has 0 unspecified atom stereocenters. The van der Waals surface area contributed by atoms with E-state index in [2.05, 4.69) is 5.32 Å². The molecular formula is C21H18ClN3O6. The second kappa shape index (κ2) is 8.35. The van der Waals surface area contributed by atoms with Crippen LogP contribution in [0.25, 0.3) is 17.4 Å². The zero-order valence-corrected chi connectivity index (χ0v) is 17.1. The Bertz CT molecular complexity index is 1120. The van der Waals surface area contributed by atoms with Gasteiger partial charge < -0.3 is 4.42 Å². The van der Waals surface area contributed by atoms with Crippen LogP contribution in [0.1, 0.15) is 37.9 Å². The molecule has 1 saturated carbocycles. The molecule has 10 heteroatoms. The van der Waals surface area contributed by atoms with Crippen molar-refractivity contribution in [3.8, 4) is 11.3 Å². The lowest BCUT2D eigenvalue weighted by atomic mass is 9.93. The fraction of sp³-hybridized carbons (Fsp3) is 0.286. The van der Waals surface area contributed by atoms with E-state index in [4.69, 9.17) is 16.0 Å². The molecule has 2 aromatic rings. The number of halogens is 1. The molecule has 1 aromatic carbocycles. The highest BCUT2D eigenvalue weighted by molar-refractivity contribution is 6.33. The number of nitro groups is 1. The molecule has 2 heterocycles. The van der Waals surface area contributed by atoms with Gasteiger partial charge in [-0.25, -0.2) is 4.79 Å². The average molecular weight is 444 g/mol. The molecular weight excluding hydrogens is 426 g/mol. The van der Waals surface area contributed by atoms with Gasteiger partial charge in [0.25, 0.3) is 17.5 Å². The lowest BCUT2D eigenvalue weighted by Gasteiger charge is -2.35. The van der Waals surface area contributed by atoms with E-state index in [0.29, 0.717) is 24.2 Å². The molecule has 2 aliphatic rings. The zero-order chi connectivity index (χ0) is 22.1. The van der Waals surface area contributed by atoms with E-state index in [0.717, 1.165) is 24.2 Å². The first kappa shape index (κ1) is 20.8. The van der Waals surface area contributed by atoms with E-state index in [9.17, 15) is 24.5 Å².